The highest BCUT2D eigenvalue weighted by atomic mass is 32.1. The van der Waals surface area contributed by atoms with Crippen LogP contribution in [-0.4, -0.2) is 9.97 Å². The Hall–Kier alpha value is -1.62. The second kappa shape index (κ2) is 4.71. The van der Waals surface area contributed by atoms with E-state index < -0.39 is 0 Å². The van der Waals surface area contributed by atoms with E-state index in [2.05, 4.69) is 33.0 Å². The van der Waals surface area contributed by atoms with Crippen molar-refractivity contribution in [2.24, 2.45) is 0 Å². The molecule has 90 valence electrons. The molecule has 0 atom stereocenters. The summed E-state index contributed by atoms with van der Waals surface area (Å²) in [4.78, 5) is 8.49. The van der Waals surface area contributed by atoms with Crippen molar-refractivity contribution < 1.29 is 0 Å². The van der Waals surface area contributed by atoms with Crippen LogP contribution < -0.4 is 11.1 Å². The molecule has 5 heteroatoms. The van der Waals surface area contributed by atoms with Crippen LogP contribution in [0.15, 0.2) is 10.8 Å². The standard InChI is InChI=1S/C12H16N4S/c1-7-5-17-6-10(7)4-14-12-8(2)11(13)15-9(3)16-12/h5-6H,4H2,1-3H3,(H3,13,14,15,16). The maximum Gasteiger partial charge on any atom is 0.135 e. The summed E-state index contributed by atoms with van der Waals surface area (Å²) in [5.41, 5.74) is 9.32. The first-order valence-corrected chi connectivity index (χ1v) is 6.38. The molecule has 0 saturated carbocycles. The van der Waals surface area contributed by atoms with Gasteiger partial charge < -0.3 is 11.1 Å². The first-order chi connectivity index (χ1) is 8.08. The minimum Gasteiger partial charge on any atom is -0.383 e. The normalized spacial score (nSPS) is 10.5. The highest BCUT2D eigenvalue weighted by molar-refractivity contribution is 7.08. The third-order valence-corrected chi connectivity index (χ3v) is 3.61. The van der Waals surface area contributed by atoms with Crippen LogP contribution in [0.3, 0.4) is 0 Å². The van der Waals surface area contributed by atoms with Crippen molar-refractivity contribution in [3.63, 3.8) is 0 Å². The molecule has 0 amide bonds. The maximum atomic E-state index is 5.81. The first kappa shape index (κ1) is 11.9. The molecule has 2 rings (SSSR count). The van der Waals surface area contributed by atoms with Gasteiger partial charge in [-0.3, -0.25) is 0 Å². The summed E-state index contributed by atoms with van der Waals surface area (Å²) >= 11 is 1.71. The predicted molar refractivity (Wildman–Crippen MR) is 72.3 cm³/mol. The predicted octanol–water partition coefficient (Wildman–Crippen LogP) is 2.66. The zero-order chi connectivity index (χ0) is 12.4. The van der Waals surface area contributed by atoms with E-state index in [0.717, 1.165) is 17.9 Å². The van der Waals surface area contributed by atoms with Gasteiger partial charge in [-0.25, -0.2) is 9.97 Å². The Morgan fingerprint density at radius 2 is 2.00 bits per heavy atom. The second-order valence-electron chi connectivity index (χ2n) is 4.06. The molecule has 2 aromatic heterocycles. The molecule has 0 aliphatic heterocycles. The SMILES string of the molecule is Cc1nc(N)c(C)c(NCc2cscc2C)n1. The molecule has 0 aliphatic carbocycles. The van der Waals surface area contributed by atoms with Gasteiger partial charge in [0.25, 0.3) is 0 Å². The van der Waals surface area contributed by atoms with Gasteiger partial charge in [0, 0.05) is 12.1 Å². The van der Waals surface area contributed by atoms with Crippen molar-refractivity contribution in [1.29, 1.82) is 0 Å². The van der Waals surface area contributed by atoms with Crippen LogP contribution in [0.2, 0.25) is 0 Å². The van der Waals surface area contributed by atoms with Crippen LogP contribution in [0.25, 0.3) is 0 Å². The quantitative estimate of drug-likeness (QED) is 0.876. The summed E-state index contributed by atoms with van der Waals surface area (Å²) in [6.07, 6.45) is 0. The number of thiophene rings is 1. The lowest BCUT2D eigenvalue weighted by Gasteiger charge is -2.10. The van der Waals surface area contributed by atoms with E-state index in [1.807, 2.05) is 13.8 Å². The first-order valence-electron chi connectivity index (χ1n) is 5.44. The number of nitrogens with two attached hydrogens (primary N) is 1. The van der Waals surface area contributed by atoms with Crippen LogP contribution in [0.1, 0.15) is 22.5 Å². The van der Waals surface area contributed by atoms with Crippen LogP contribution in [0.4, 0.5) is 11.6 Å². The van der Waals surface area contributed by atoms with Gasteiger partial charge in [0.05, 0.1) is 0 Å². The lowest BCUT2D eigenvalue weighted by molar-refractivity contribution is 1.01. The number of nitrogen functional groups attached to an aromatic ring is 1. The van der Waals surface area contributed by atoms with Gasteiger partial charge in [0.15, 0.2) is 0 Å². The molecule has 2 heterocycles. The number of aromatic nitrogens is 2. The molecule has 0 radical (unpaired) electrons. The Balaban J connectivity index is 2.17. The minimum absolute atomic E-state index is 0.544. The average Bonchev–Trinajstić information content (AvgIpc) is 2.67. The monoisotopic (exact) mass is 248 g/mol. The van der Waals surface area contributed by atoms with E-state index in [1.54, 1.807) is 11.3 Å². The molecular weight excluding hydrogens is 232 g/mol. The molecule has 0 bridgehead atoms. The second-order valence-corrected chi connectivity index (χ2v) is 4.81. The Labute approximate surface area is 105 Å². The van der Waals surface area contributed by atoms with Crippen molar-refractivity contribution in [2.45, 2.75) is 27.3 Å². The van der Waals surface area contributed by atoms with Gasteiger partial charge in [-0.15, -0.1) is 0 Å². The average molecular weight is 248 g/mol. The highest BCUT2D eigenvalue weighted by Crippen LogP contribution is 2.19. The smallest absolute Gasteiger partial charge is 0.135 e. The van der Waals surface area contributed by atoms with Gasteiger partial charge in [0.2, 0.25) is 0 Å². The summed E-state index contributed by atoms with van der Waals surface area (Å²) < 4.78 is 0. The molecule has 0 saturated heterocycles. The number of nitrogens with one attached hydrogen (secondary N) is 1. The number of nitrogens with zero attached hydrogens (tertiary/aromatic N) is 2. The molecule has 4 nitrogen and oxygen atoms in total. The molecule has 3 N–H and O–H groups in total. The zero-order valence-corrected chi connectivity index (χ0v) is 11.1. The number of aryl methyl sites for hydroxylation is 2. The molecule has 0 unspecified atom stereocenters. The summed E-state index contributed by atoms with van der Waals surface area (Å²) in [5, 5.41) is 7.60. The van der Waals surface area contributed by atoms with E-state index >= 15 is 0 Å². The lowest BCUT2D eigenvalue weighted by atomic mass is 10.2. The topological polar surface area (TPSA) is 63.8 Å². The minimum atomic E-state index is 0.544. The van der Waals surface area contributed by atoms with E-state index in [0.29, 0.717) is 11.6 Å². The van der Waals surface area contributed by atoms with Crippen molar-refractivity contribution >= 4 is 23.0 Å². The van der Waals surface area contributed by atoms with Gasteiger partial charge in [-0.1, -0.05) is 0 Å². The molecule has 2 aromatic rings. The van der Waals surface area contributed by atoms with Gasteiger partial charge in [0.1, 0.15) is 17.5 Å². The number of hydrogen-bond donors (Lipinski definition) is 2. The largest absolute Gasteiger partial charge is 0.383 e. The van der Waals surface area contributed by atoms with Crippen molar-refractivity contribution in [2.75, 3.05) is 11.1 Å². The molecular formula is C12H16N4S. The van der Waals surface area contributed by atoms with Crippen LogP contribution in [0, 0.1) is 20.8 Å². The number of rotatable bonds is 3. The van der Waals surface area contributed by atoms with Crippen LogP contribution in [0.5, 0.6) is 0 Å². The molecule has 0 aliphatic rings. The van der Waals surface area contributed by atoms with Crippen LogP contribution >= 0.6 is 11.3 Å². The van der Waals surface area contributed by atoms with Crippen molar-refractivity contribution in [1.82, 2.24) is 9.97 Å². The Bertz CT molecular complexity index is 533. The fraction of sp³-hybridized carbons (Fsp3) is 0.333. The van der Waals surface area contributed by atoms with E-state index in [4.69, 9.17) is 5.73 Å². The highest BCUT2D eigenvalue weighted by Gasteiger charge is 2.07. The molecule has 0 spiro atoms. The summed E-state index contributed by atoms with van der Waals surface area (Å²) in [7, 11) is 0. The lowest BCUT2D eigenvalue weighted by Crippen LogP contribution is -2.08. The fourth-order valence-corrected chi connectivity index (χ4v) is 2.43. The molecule has 0 fully saturated rings. The van der Waals surface area contributed by atoms with Crippen molar-refractivity contribution in [3.05, 3.63) is 33.3 Å². The van der Waals surface area contributed by atoms with E-state index in [9.17, 15) is 0 Å². The third-order valence-electron chi connectivity index (χ3n) is 2.70. The van der Waals surface area contributed by atoms with Gasteiger partial charge >= 0.3 is 0 Å². The summed E-state index contributed by atoms with van der Waals surface area (Å²) in [6.45, 7) is 6.65. The fourth-order valence-electron chi connectivity index (χ4n) is 1.57. The van der Waals surface area contributed by atoms with E-state index in [-0.39, 0.29) is 0 Å². The van der Waals surface area contributed by atoms with Gasteiger partial charge in [-0.2, -0.15) is 11.3 Å². The third kappa shape index (κ3) is 2.55. The Morgan fingerprint density at radius 1 is 1.24 bits per heavy atom. The zero-order valence-electron chi connectivity index (χ0n) is 10.2. The van der Waals surface area contributed by atoms with Gasteiger partial charge in [-0.05, 0) is 42.7 Å². The van der Waals surface area contributed by atoms with Crippen molar-refractivity contribution in [3.8, 4) is 0 Å². The number of hydrogen-bond acceptors (Lipinski definition) is 5. The van der Waals surface area contributed by atoms with E-state index in [1.165, 1.54) is 11.1 Å². The Kier molecular flexibility index (Phi) is 3.28. The maximum absolute atomic E-state index is 5.81. The summed E-state index contributed by atoms with van der Waals surface area (Å²) in [6, 6.07) is 0. The molecule has 17 heavy (non-hydrogen) atoms. The molecule has 0 aromatic carbocycles. The number of anilines is 2. The van der Waals surface area contributed by atoms with Crippen LogP contribution in [-0.2, 0) is 6.54 Å². The summed E-state index contributed by atoms with van der Waals surface area (Å²) in [5.74, 6) is 2.06. The Morgan fingerprint density at radius 3 is 2.65 bits per heavy atom.